The molecule has 1 amide bonds. The smallest absolute Gasteiger partial charge is 0.251 e. The van der Waals surface area contributed by atoms with Gasteiger partial charge >= 0.3 is 0 Å². The zero-order chi connectivity index (χ0) is 14.8. The largest absolute Gasteiger partial charge is 0.397 e. The SMILES string of the molecule is CNC(=O)c1ccc(Nc2ccc3sccc3c2)c(N)c1. The van der Waals surface area contributed by atoms with Gasteiger partial charge in [0.05, 0.1) is 11.4 Å². The molecule has 0 spiro atoms. The van der Waals surface area contributed by atoms with Crippen molar-refractivity contribution in [3.63, 3.8) is 0 Å². The summed E-state index contributed by atoms with van der Waals surface area (Å²) in [7, 11) is 1.60. The Hall–Kier alpha value is -2.53. The number of amides is 1. The van der Waals surface area contributed by atoms with E-state index >= 15 is 0 Å². The lowest BCUT2D eigenvalue weighted by Crippen LogP contribution is -2.17. The quantitative estimate of drug-likeness (QED) is 0.647. The number of benzene rings is 2. The van der Waals surface area contributed by atoms with Crippen LogP contribution in [0.4, 0.5) is 17.1 Å². The first kappa shape index (κ1) is 13.5. The highest BCUT2D eigenvalue weighted by atomic mass is 32.1. The molecule has 21 heavy (non-hydrogen) atoms. The molecule has 1 aromatic heterocycles. The number of rotatable bonds is 3. The summed E-state index contributed by atoms with van der Waals surface area (Å²) >= 11 is 1.72. The Balaban J connectivity index is 1.88. The van der Waals surface area contributed by atoms with Gasteiger partial charge in [-0.2, -0.15) is 0 Å². The molecule has 5 heteroatoms. The van der Waals surface area contributed by atoms with E-state index in [2.05, 4.69) is 34.2 Å². The number of nitrogens with two attached hydrogens (primary N) is 1. The summed E-state index contributed by atoms with van der Waals surface area (Å²) in [5.41, 5.74) is 8.87. The Labute approximate surface area is 126 Å². The molecule has 4 N–H and O–H groups in total. The van der Waals surface area contributed by atoms with E-state index in [0.717, 1.165) is 11.4 Å². The summed E-state index contributed by atoms with van der Waals surface area (Å²) in [5.74, 6) is -0.145. The molecule has 0 bridgehead atoms. The summed E-state index contributed by atoms with van der Waals surface area (Å²) in [6.07, 6.45) is 0. The monoisotopic (exact) mass is 297 g/mol. The summed E-state index contributed by atoms with van der Waals surface area (Å²) in [5, 5.41) is 9.14. The molecule has 2 aromatic carbocycles. The van der Waals surface area contributed by atoms with Crippen molar-refractivity contribution < 1.29 is 4.79 Å². The van der Waals surface area contributed by atoms with Gasteiger partial charge in [0, 0.05) is 23.0 Å². The fourth-order valence-electron chi connectivity index (χ4n) is 2.16. The van der Waals surface area contributed by atoms with E-state index in [1.54, 1.807) is 30.5 Å². The van der Waals surface area contributed by atoms with E-state index in [4.69, 9.17) is 5.73 Å². The van der Waals surface area contributed by atoms with Crippen molar-refractivity contribution in [1.82, 2.24) is 5.32 Å². The number of hydrogen-bond acceptors (Lipinski definition) is 4. The summed E-state index contributed by atoms with van der Waals surface area (Å²) in [6, 6.07) is 13.5. The molecule has 1 heterocycles. The second-order valence-corrected chi connectivity index (χ2v) is 5.63. The number of anilines is 3. The Bertz CT molecular complexity index is 810. The molecule has 0 aliphatic carbocycles. The first-order valence-electron chi connectivity index (χ1n) is 6.53. The van der Waals surface area contributed by atoms with Gasteiger partial charge in [0.25, 0.3) is 5.91 Å². The number of nitrogen functional groups attached to an aromatic ring is 1. The molecule has 0 aliphatic rings. The van der Waals surface area contributed by atoms with Crippen molar-refractivity contribution in [2.45, 2.75) is 0 Å². The van der Waals surface area contributed by atoms with Gasteiger partial charge in [-0.25, -0.2) is 0 Å². The van der Waals surface area contributed by atoms with Gasteiger partial charge in [0.15, 0.2) is 0 Å². The average Bonchev–Trinajstić information content (AvgIpc) is 2.96. The van der Waals surface area contributed by atoms with Crippen LogP contribution in [0, 0.1) is 0 Å². The molecule has 0 aliphatic heterocycles. The maximum Gasteiger partial charge on any atom is 0.251 e. The van der Waals surface area contributed by atoms with Gasteiger partial charge in [-0.05, 0) is 53.2 Å². The van der Waals surface area contributed by atoms with Crippen LogP contribution in [0.15, 0.2) is 47.8 Å². The van der Waals surface area contributed by atoms with E-state index in [1.807, 2.05) is 12.1 Å². The Morgan fingerprint density at radius 3 is 2.76 bits per heavy atom. The van der Waals surface area contributed by atoms with Crippen LogP contribution in [0.1, 0.15) is 10.4 Å². The van der Waals surface area contributed by atoms with Crippen molar-refractivity contribution in [2.24, 2.45) is 0 Å². The van der Waals surface area contributed by atoms with Crippen LogP contribution in [-0.2, 0) is 0 Å². The van der Waals surface area contributed by atoms with Crippen molar-refractivity contribution >= 4 is 44.4 Å². The third kappa shape index (κ3) is 2.68. The maximum atomic E-state index is 11.6. The molecule has 0 unspecified atom stereocenters. The van der Waals surface area contributed by atoms with Crippen molar-refractivity contribution in [3.05, 3.63) is 53.4 Å². The molecule has 3 aromatic rings. The number of hydrogen-bond donors (Lipinski definition) is 3. The fraction of sp³-hybridized carbons (Fsp3) is 0.0625. The van der Waals surface area contributed by atoms with Gasteiger partial charge in [-0.1, -0.05) is 0 Å². The van der Waals surface area contributed by atoms with Crippen molar-refractivity contribution in [2.75, 3.05) is 18.1 Å². The number of carbonyl (C=O) groups is 1. The standard InChI is InChI=1S/C16H15N3OS/c1-18-16(20)11-2-4-14(13(17)9-11)19-12-3-5-15-10(8-12)6-7-21-15/h2-9,19H,17H2,1H3,(H,18,20). The van der Waals surface area contributed by atoms with Crippen LogP contribution in [0.5, 0.6) is 0 Å². The minimum atomic E-state index is -0.145. The molecular formula is C16H15N3OS. The Morgan fingerprint density at radius 1 is 1.14 bits per heavy atom. The predicted octanol–water partition coefficient (Wildman–Crippen LogP) is 3.59. The maximum absolute atomic E-state index is 11.6. The highest BCUT2D eigenvalue weighted by Gasteiger charge is 2.07. The van der Waals surface area contributed by atoms with E-state index in [-0.39, 0.29) is 5.91 Å². The normalized spacial score (nSPS) is 10.5. The predicted molar refractivity (Wildman–Crippen MR) is 89.4 cm³/mol. The van der Waals surface area contributed by atoms with E-state index in [0.29, 0.717) is 11.3 Å². The molecule has 4 nitrogen and oxygen atoms in total. The van der Waals surface area contributed by atoms with E-state index in [9.17, 15) is 4.79 Å². The van der Waals surface area contributed by atoms with E-state index in [1.165, 1.54) is 10.1 Å². The van der Waals surface area contributed by atoms with Crippen molar-refractivity contribution in [3.8, 4) is 0 Å². The third-order valence-corrected chi connectivity index (χ3v) is 4.17. The van der Waals surface area contributed by atoms with Crippen LogP contribution in [0.25, 0.3) is 10.1 Å². The molecule has 0 atom stereocenters. The number of carbonyl (C=O) groups excluding carboxylic acids is 1. The fourth-order valence-corrected chi connectivity index (χ4v) is 2.93. The second kappa shape index (κ2) is 5.46. The highest BCUT2D eigenvalue weighted by Crippen LogP contribution is 2.28. The molecule has 3 rings (SSSR count). The van der Waals surface area contributed by atoms with Crippen LogP contribution >= 0.6 is 11.3 Å². The average molecular weight is 297 g/mol. The first-order chi connectivity index (χ1) is 10.2. The lowest BCUT2D eigenvalue weighted by Gasteiger charge is -2.11. The van der Waals surface area contributed by atoms with Crippen LogP contribution in [-0.4, -0.2) is 13.0 Å². The Morgan fingerprint density at radius 2 is 2.00 bits per heavy atom. The van der Waals surface area contributed by atoms with E-state index < -0.39 is 0 Å². The third-order valence-electron chi connectivity index (χ3n) is 3.27. The molecule has 0 fully saturated rings. The number of nitrogens with one attached hydrogen (secondary N) is 2. The lowest BCUT2D eigenvalue weighted by atomic mass is 10.1. The molecule has 106 valence electrons. The van der Waals surface area contributed by atoms with Crippen LogP contribution < -0.4 is 16.4 Å². The zero-order valence-corrected chi connectivity index (χ0v) is 12.3. The molecule has 0 radical (unpaired) electrons. The second-order valence-electron chi connectivity index (χ2n) is 4.68. The lowest BCUT2D eigenvalue weighted by molar-refractivity contribution is 0.0963. The van der Waals surface area contributed by atoms with Gasteiger partial charge in [-0.15, -0.1) is 11.3 Å². The van der Waals surface area contributed by atoms with Crippen LogP contribution in [0.3, 0.4) is 0 Å². The van der Waals surface area contributed by atoms with Gasteiger partial charge < -0.3 is 16.4 Å². The summed E-state index contributed by atoms with van der Waals surface area (Å²) in [4.78, 5) is 11.6. The molecule has 0 saturated heterocycles. The molecular weight excluding hydrogens is 282 g/mol. The summed E-state index contributed by atoms with van der Waals surface area (Å²) < 4.78 is 1.25. The van der Waals surface area contributed by atoms with Crippen LogP contribution in [0.2, 0.25) is 0 Å². The number of thiophene rings is 1. The zero-order valence-electron chi connectivity index (χ0n) is 11.5. The van der Waals surface area contributed by atoms with Crippen molar-refractivity contribution in [1.29, 1.82) is 0 Å². The molecule has 0 saturated carbocycles. The minimum absolute atomic E-state index is 0.145. The van der Waals surface area contributed by atoms with Gasteiger partial charge in [0.1, 0.15) is 0 Å². The Kier molecular flexibility index (Phi) is 3.50. The first-order valence-corrected chi connectivity index (χ1v) is 7.41. The number of fused-ring (bicyclic) bond motifs is 1. The topological polar surface area (TPSA) is 67.2 Å². The highest BCUT2D eigenvalue weighted by molar-refractivity contribution is 7.17. The van der Waals surface area contributed by atoms with Gasteiger partial charge in [0.2, 0.25) is 0 Å². The summed E-state index contributed by atoms with van der Waals surface area (Å²) in [6.45, 7) is 0. The van der Waals surface area contributed by atoms with Gasteiger partial charge in [-0.3, -0.25) is 4.79 Å². The minimum Gasteiger partial charge on any atom is -0.397 e.